The number of nitrogens with one attached hydrogen (secondary N) is 2. The lowest BCUT2D eigenvalue weighted by molar-refractivity contribution is -0.121. The van der Waals surface area contributed by atoms with Crippen molar-refractivity contribution in [1.82, 2.24) is 25.6 Å². The Bertz CT molecular complexity index is 1500. The van der Waals surface area contributed by atoms with Gasteiger partial charge in [0.1, 0.15) is 12.0 Å². The highest BCUT2D eigenvalue weighted by molar-refractivity contribution is 6.30. The largest absolute Gasteiger partial charge is 0.444 e. The number of hydrogen-bond donors (Lipinski definition) is 2. The average Bonchev–Trinajstić information content (AvgIpc) is 3.57. The van der Waals surface area contributed by atoms with Crippen LogP contribution in [-0.2, 0) is 11.2 Å². The smallest absolute Gasteiger partial charge is 0.273 e. The SMILES string of the molecule is O=C(Cc1coc(-c2ccc(Cl)cc2)n1)NNC(=O)c1cn(-c2ccccc2)nc1-c1ccccc1. The van der Waals surface area contributed by atoms with Crippen LogP contribution in [-0.4, -0.2) is 26.6 Å². The lowest BCUT2D eigenvalue weighted by atomic mass is 10.1. The molecule has 2 amide bonds. The van der Waals surface area contributed by atoms with E-state index in [-0.39, 0.29) is 6.42 Å². The van der Waals surface area contributed by atoms with Gasteiger partial charge in [-0.1, -0.05) is 60.1 Å². The van der Waals surface area contributed by atoms with E-state index in [4.69, 9.17) is 16.0 Å². The zero-order valence-electron chi connectivity index (χ0n) is 18.9. The van der Waals surface area contributed by atoms with E-state index in [0.717, 1.165) is 16.8 Å². The molecule has 3 aromatic carbocycles. The number of aromatic nitrogens is 3. The first kappa shape index (κ1) is 23.1. The Kier molecular flexibility index (Phi) is 6.59. The maximum absolute atomic E-state index is 13.0. The maximum atomic E-state index is 13.0. The van der Waals surface area contributed by atoms with Gasteiger partial charge in [0, 0.05) is 22.3 Å². The first-order chi connectivity index (χ1) is 17.6. The molecule has 0 radical (unpaired) electrons. The molecule has 0 saturated carbocycles. The van der Waals surface area contributed by atoms with E-state index in [1.807, 2.05) is 60.7 Å². The topological polar surface area (TPSA) is 102 Å². The fraction of sp³-hybridized carbons (Fsp3) is 0.0370. The minimum absolute atomic E-state index is 0.0772. The lowest BCUT2D eigenvalue weighted by Crippen LogP contribution is -2.42. The highest BCUT2D eigenvalue weighted by Crippen LogP contribution is 2.24. The molecule has 2 N–H and O–H groups in total. The second-order valence-electron chi connectivity index (χ2n) is 7.87. The highest BCUT2D eigenvalue weighted by Gasteiger charge is 2.19. The summed E-state index contributed by atoms with van der Waals surface area (Å²) in [5, 5.41) is 5.22. The zero-order chi connectivity index (χ0) is 24.9. The van der Waals surface area contributed by atoms with Gasteiger partial charge in [-0.2, -0.15) is 5.10 Å². The van der Waals surface area contributed by atoms with Gasteiger partial charge in [-0.25, -0.2) is 9.67 Å². The Morgan fingerprint density at radius 3 is 2.28 bits per heavy atom. The van der Waals surface area contributed by atoms with Crippen LogP contribution in [0.15, 0.2) is 102 Å². The quantitative estimate of drug-likeness (QED) is 0.326. The third-order valence-corrected chi connectivity index (χ3v) is 5.58. The summed E-state index contributed by atoms with van der Waals surface area (Å²) in [6, 6.07) is 25.8. The van der Waals surface area contributed by atoms with Crippen LogP contribution in [0.3, 0.4) is 0 Å². The van der Waals surface area contributed by atoms with Crippen LogP contribution in [0.25, 0.3) is 28.4 Å². The van der Waals surface area contributed by atoms with E-state index in [2.05, 4.69) is 20.9 Å². The maximum Gasteiger partial charge on any atom is 0.273 e. The van der Waals surface area contributed by atoms with E-state index in [1.54, 1.807) is 35.1 Å². The molecule has 0 atom stereocenters. The summed E-state index contributed by atoms with van der Waals surface area (Å²) >= 11 is 5.91. The molecule has 5 rings (SSSR count). The molecule has 0 saturated heterocycles. The third-order valence-electron chi connectivity index (χ3n) is 5.33. The highest BCUT2D eigenvalue weighted by atomic mass is 35.5. The molecule has 0 bridgehead atoms. The van der Waals surface area contributed by atoms with Gasteiger partial charge >= 0.3 is 0 Å². The van der Waals surface area contributed by atoms with Gasteiger partial charge in [-0.3, -0.25) is 20.4 Å². The summed E-state index contributed by atoms with van der Waals surface area (Å²) in [5.74, 6) is -0.568. The molecule has 178 valence electrons. The Hall–Kier alpha value is -4.69. The van der Waals surface area contributed by atoms with E-state index < -0.39 is 11.8 Å². The Balaban J connectivity index is 1.28. The van der Waals surface area contributed by atoms with Crippen LogP contribution in [0.4, 0.5) is 0 Å². The molecule has 5 aromatic rings. The Labute approximate surface area is 211 Å². The summed E-state index contributed by atoms with van der Waals surface area (Å²) in [5.41, 5.74) is 8.47. The predicted molar refractivity (Wildman–Crippen MR) is 135 cm³/mol. The standard InChI is InChI=1S/C27H20ClN5O3/c28-20-13-11-19(12-14-20)27-29-21(17-36-27)15-24(34)30-31-26(35)23-16-33(22-9-5-2-6-10-22)32-25(23)18-7-3-1-4-8-18/h1-14,16-17H,15H2,(H,30,34)(H,31,35). The molecule has 36 heavy (non-hydrogen) atoms. The van der Waals surface area contributed by atoms with Crippen molar-refractivity contribution in [3.63, 3.8) is 0 Å². The minimum atomic E-state index is -0.494. The molecule has 8 nitrogen and oxygen atoms in total. The lowest BCUT2D eigenvalue weighted by Gasteiger charge is -2.06. The van der Waals surface area contributed by atoms with Crippen molar-refractivity contribution >= 4 is 23.4 Å². The molecule has 0 unspecified atom stereocenters. The molecule has 0 spiro atoms. The van der Waals surface area contributed by atoms with E-state index in [9.17, 15) is 9.59 Å². The van der Waals surface area contributed by atoms with Crippen molar-refractivity contribution < 1.29 is 14.0 Å². The molecule has 0 aliphatic rings. The van der Waals surface area contributed by atoms with Gasteiger partial charge in [0.15, 0.2) is 0 Å². The van der Waals surface area contributed by atoms with Gasteiger partial charge in [-0.05, 0) is 36.4 Å². The number of carbonyl (C=O) groups excluding carboxylic acids is 2. The molecule has 2 aromatic heterocycles. The number of rotatable bonds is 6. The monoisotopic (exact) mass is 497 g/mol. The number of carbonyl (C=O) groups is 2. The first-order valence-electron chi connectivity index (χ1n) is 11.1. The summed E-state index contributed by atoms with van der Waals surface area (Å²) < 4.78 is 7.10. The van der Waals surface area contributed by atoms with Crippen LogP contribution in [0.5, 0.6) is 0 Å². The summed E-state index contributed by atoms with van der Waals surface area (Å²) in [6.07, 6.45) is 2.96. The van der Waals surface area contributed by atoms with E-state index in [1.165, 1.54) is 6.26 Å². The first-order valence-corrected chi connectivity index (χ1v) is 11.4. The number of oxazole rings is 1. The second kappa shape index (κ2) is 10.3. The Morgan fingerprint density at radius 1 is 0.861 bits per heavy atom. The summed E-state index contributed by atoms with van der Waals surface area (Å²) in [7, 11) is 0. The fourth-order valence-corrected chi connectivity index (χ4v) is 3.70. The number of para-hydroxylation sites is 1. The average molecular weight is 498 g/mol. The van der Waals surface area contributed by atoms with Gasteiger partial charge in [0.2, 0.25) is 11.8 Å². The second-order valence-corrected chi connectivity index (χ2v) is 8.30. The van der Waals surface area contributed by atoms with Crippen molar-refractivity contribution in [2.75, 3.05) is 0 Å². The van der Waals surface area contributed by atoms with Crippen molar-refractivity contribution in [2.24, 2.45) is 0 Å². The Morgan fingerprint density at radius 2 is 1.56 bits per heavy atom. The molecular weight excluding hydrogens is 478 g/mol. The normalized spacial score (nSPS) is 10.7. The molecule has 0 aliphatic heterocycles. The predicted octanol–water partition coefficient (Wildman–Crippen LogP) is 4.85. The molecule has 2 heterocycles. The molecule has 0 fully saturated rings. The van der Waals surface area contributed by atoms with Gasteiger partial charge in [0.05, 0.1) is 23.4 Å². The number of nitrogens with zero attached hydrogens (tertiary/aromatic N) is 3. The van der Waals surface area contributed by atoms with Crippen LogP contribution >= 0.6 is 11.6 Å². The number of hydrazine groups is 1. The number of halogens is 1. The third kappa shape index (κ3) is 5.18. The van der Waals surface area contributed by atoms with E-state index >= 15 is 0 Å². The minimum Gasteiger partial charge on any atom is -0.444 e. The molecule has 0 aliphatic carbocycles. The zero-order valence-corrected chi connectivity index (χ0v) is 19.6. The summed E-state index contributed by atoms with van der Waals surface area (Å²) in [6.45, 7) is 0. The van der Waals surface area contributed by atoms with E-state index in [0.29, 0.717) is 27.9 Å². The number of amides is 2. The van der Waals surface area contributed by atoms with Crippen molar-refractivity contribution in [2.45, 2.75) is 6.42 Å². The molecule has 9 heteroatoms. The van der Waals surface area contributed by atoms with Crippen LogP contribution in [0.1, 0.15) is 16.1 Å². The fourth-order valence-electron chi connectivity index (χ4n) is 3.58. The van der Waals surface area contributed by atoms with Crippen molar-refractivity contribution in [1.29, 1.82) is 0 Å². The van der Waals surface area contributed by atoms with Gasteiger partial charge in [0.25, 0.3) is 5.91 Å². The van der Waals surface area contributed by atoms with Gasteiger partial charge in [-0.15, -0.1) is 0 Å². The van der Waals surface area contributed by atoms with Gasteiger partial charge < -0.3 is 4.42 Å². The molecular formula is C27H20ClN5O3. The summed E-state index contributed by atoms with van der Waals surface area (Å²) in [4.78, 5) is 29.8. The van der Waals surface area contributed by atoms with Crippen LogP contribution < -0.4 is 10.9 Å². The number of hydrogen-bond acceptors (Lipinski definition) is 5. The van der Waals surface area contributed by atoms with Crippen LogP contribution in [0, 0.1) is 0 Å². The van der Waals surface area contributed by atoms with Crippen molar-refractivity contribution in [3.8, 4) is 28.4 Å². The number of benzene rings is 3. The van der Waals surface area contributed by atoms with Crippen LogP contribution in [0.2, 0.25) is 5.02 Å². The van der Waals surface area contributed by atoms with Crippen molar-refractivity contribution in [3.05, 3.63) is 114 Å².